The highest BCUT2D eigenvalue weighted by molar-refractivity contribution is 6.10. The number of amides is 4. The van der Waals surface area contributed by atoms with Crippen molar-refractivity contribution in [3.63, 3.8) is 0 Å². The molecule has 184 valence electrons. The fourth-order valence-corrected chi connectivity index (χ4v) is 5.10. The smallest absolute Gasteiger partial charge is 0.322 e. The third-order valence-electron chi connectivity index (χ3n) is 7.30. The van der Waals surface area contributed by atoms with E-state index in [1.165, 1.54) is 12.8 Å². The second kappa shape index (κ2) is 8.51. The summed E-state index contributed by atoms with van der Waals surface area (Å²) in [5.74, 6) is 0.656. The van der Waals surface area contributed by atoms with Gasteiger partial charge in [-0.15, -0.1) is 0 Å². The largest absolute Gasteiger partial charge is 0.497 e. The number of ether oxygens (including phenoxy) is 1. The molecule has 2 fully saturated rings. The highest BCUT2D eigenvalue weighted by Crippen LogP contribution is 2.34. The molecule has 1 atom stereocenters. The molecule has 4 amide bonds. The number of nitrogens with zero attached hydrogens (tertiary/aromatic N) is 3. The van der Waals surface area contributed by atoms with Crippen LogP contribution in [0.3, 0.4) is 0 Å². The Morgan fingerprint density at radius 3 is 2.81 bits per heavy atom. The van der Waals surface area contributed by atoms with Crippen LogP contribution < -0.4 is 15.4 Å². The molecule has 0 radical (unpaired) electrons. The van der Waals surface area contributed by atoms with Crippen LogP contribution in [0.5, 0.6) is 5.75 Å². The average Bonchev–Trinajstić information content (AvgIpc) is 3.47. The Kier molecular flexibility index (Phi) is 5.28. The lowest BCUT2D eigenvalue weighted by molar-refractivity contribution is -0.123. The van der Waals surface area contributed by atoms with Crippen LogP contribution in [0.2, 0.25) is 0 Å². The summed E-state index contributed by atoms with van der Waals surface area (Å²) in [6.07, 6.45) is 14.8. The lowest BCUT2D eigenvalue weighted by Gasteiger charge is -2.32. The molecule has 1 aromatic carbocycles. The maximum absolute atomic E-state index is 13.2. The number of methoxy groups -OCH3 is 1. The Morgan fingerprint density at radius 1 is 1.19 bits per heavy atom. The van der Waals surface area contributed by atoms with Crippen LogP contribution in [0.1, 0.15) is 40.7 Å². The molecule has 0 bridgehead atoms. The maximum Gasteiger partial charge on any atom is 0.322 e. The van der Waals surface area contributed by atoms with Crippen molar-refractivity contribution < 1.29 is 19.1 Å². The van der Waals surface area contributed by atoms with Crippen LogP contribution in [0.4, 0.5) is 4.79 Å². The van der Waals surface area contributed by atoms with Crippen molar-refractivity contribution in [2.45, 2.75) is 37.9 Å². The number of carbonyl (C=O) groups excluding carboxylic acids is 3. The molecule has 2 aliphatic heterocycles. The number of fused-ring (bicyclic) bond motifs is 1. The molecule has 3 heterocycles. The lowest BCUT2D eigenvalue weighted by atomic mass is 9.88. The van der Waals surface area contributed by atoms with E-state index >= 15 is 0 Å². The number of urea groups is 1. The molecule has 0 spiro atoms. The molecule has 2 N–H and O–H groups in total. The Balaban J connectivity index is 1.29. The van der Waals surface area contributed by atoms with Gasteiger partial charge < -0.3 is 15.0 Å². The minimum atomic E-state index is -1.39. The predicted octanol–water partition coefficient (Wildman–Crippen LogP) is 2.81. The summed E-state index contributed by atoms with van der Waals surface area (Å²) < 4.78 is 7.25. The molecule has 36 heavy (non-hydrogen) atoms. The molecule has 9 nitrogen and oxygen atoms in total. The van der Waals surface area contributed by atoms with E-state index in [1.54, 1.807) is 18.1 Å². The summed E-state index contributed by atoms with van der Waals surface area (Å²) in [4.78, 5) is 40.3. The quantitative estimate of drug-likeness (QED) is 0.587. The minimum Gasteiger partial charge on any atom is -0.497 e. The number of carbonyl (C=O) groups is 3. The number of hydrogen-bond acceptors (Lipinski definition) is 5. The highest BCUT2D eigenvalue weighted by atomic mass is 16.5. The van der Waals surface area contributed by atoms with Gasteiger partial charge in [0.1, 0.15) is 5.75 Å². The van der Waals surface area contributed by atoms with Crippen molar-refractivity contribution in [1.82, 2.24) is 25.3 Å². The zero-order chi connectivity index (χ0) is 24.9. The first kappa shape index (κ1) is 22.3. The molecule has 4 aliphatic rings. The van der Waals surface area contributed by atoms with Gasteiger partial charge in [-0.3, -0.25) is 19.6 Å². The minimum absolute atomic E-state index is 0.0130. The summed E-state index contributed by atoms with van der Waals surface area (Å²) in [5, 5.41) is 9.68. The average molecular weight is 486 g/mol. The monoisotopic (exact) mass is 485 g/mol. The van der Waals surface area contributed by atoms with Gasteiger partial charge in [0.15, 0.2) is 5.54 Å². The Bertz CT molecular complexity index is 1370. The summed E-state index contributed by atoms with van der Waals surface area (Å²) in [5.41, 5.74) is 2.73. The van der Waals surface area contributed by atoms with E-state index in [-0.39, 0.29) is 12.5 Å². The van der Waals surface area contributed by atoms with E-state index < -0.39 is 17.5 Å². The van der Waals surface area contributed by atoms with Crippen molar-refractivity contribution in [3.8, 4) is 5.75 Å². The van der Waals surface area contributed by atoms with Crippen molar-refractivity contribution in [2.75, 3.05) is 13.7 Å². The van der Waals surface area contributed by atoms with Gasteiger partial charge in [0, 0.05) is 30.4 Å². The number of benzene rings is 1. The van der Waals surface area contributed by atoms with Crippen LogP contribution in [0, 0.1) is 5.92 Å². The number of imide groups is 1. The van der Waals surface area contributed by atoms with Gasteiger partial charge in [0.2, 0.25) is 0 Å². The van der Waals surface area contributed by atoms with E-state index in [1.807, 2.05) is 47.3 Å². The van der Waals surface area contributed by atoms with Crippen LogP contribution in [0.15, 0.2) is 60.5 Å². The van der Waals surface area contributed by atoms with Crippen molar-refractivity contribution in [2.24, 2.45) is 5.92 Å². The molecule has 1 aromatic heterocycles. The van der Waals surface area contributed by atoms with Crippen molar-refractivity contribution in [1.29, 1.82) is 0 Å². The van der Waals surface area contributed by atoms with Gasteiger partial charge in [-0.05, 0) is 54.0 Å². The molecule has 1 saturated carbocycles. The van der Waals surface area contributed by atoms with E-state index in [0.29, 0.717) is 29.9 Å². The van der Waals surface area contributed by atoms with E-state index in [0.717, 1.165) is 29.2 Å². The molecule has 0 unspecified atom stereocenters. The van der Waals surface area contributed by atoms with Gasteiger partial charge in [-0.1, -0.05) is 30.4 Å². The molecule has 2 aliphatic carbocycles. The molecular formula is C27H27N5O4. The number of rotatable bonds is 7. The predicted molar refractivity (Wildman–Crippen MR) is 132 cm³/mol. The first-order chi connectivity index (χ1) is 17.4. The Labute approximate surface area is 208 Å². The van der Waals surface area contributed by atoms with Gasteiger partial charge >= 0.3 is 6.03 Å². The molecular weight excluding hydrogens is 458 g/mol. The van der Waals surface area contributed by atoms with Gasteiger partial charge in [0.25, 0.3) is 11.8 Å². The molecule has 9 heteroatoms. The second-order valence-electron chi connectivity index (χ2n) is 9.81. The van der Waals surface area contributed by atoms with Gasteiger partial charge in [0.05, 0.1) is 19.9 Å². The first-order valence-corrected chi connectivity index (χ1v) is 12.2. The third kappa shape index (κ3) is 3.90. The number of allylic oxidation sites excluding steroid dienone is 4. The highest BCUT2D eigenvalue weighted by Gasteiger charge is 2.51. The van der Waals surface area contributed by atoms with E-state index in [4.69, 9.17) is 4.74 Å². The number of nitrogens with one attached hydrogen (secondary N) is 2. The number of aromatic nitrogens is 2. The van der Waals surface area contributed by atoms with Crippen LogP contribution in [-0.4, -0.2) is 51.7 Å². The standard InChI is InChI=1S/C27H27N5O4/c1-36-22-10-8-19-14-31(24(33)23(19)11-22)16-27(25(34)29-26(35)30-27)21-4-2-3-18(7-9-21)20-12-28-32(15-20)13-17-5-6-17/h2,4,7-12,15,17H,3,5-6,13-14,16H2,1H3,(H2,29,30,34,35)/t27-/m0/s1. The van der Waals surface area contributed by atoms with Crippen molar-refractivity contribution in [3.05, 3.63) is 77.2 Å². The SMILES string of the molecule is COc1ccc2c(c1)C(=O)N(C[C@@]1(C3=CC=C(c4cnn(CC5CC5)c4)CC=C3)NC(=O)NC1=O)C2. The normalized spacial score (nSPS) is 23.1. The Hall–Kier alpha value is -4.14. The van der Waals surface area contributed by atoms with Crippen molar-refractivity contribution >= 4 is 23.4 Å². The summed E-state index contributed by atoms with van der Waals surface area (Å²) in [6.45, 7) is 1.30. The molecule has 1 saturated heterocycles. The van der Waals surface area contributed by atoms with Gasteiger partial charge in [-0.25, -0.2) is 4.79 Å². The zero-order valence-corrected chi connectivity index (χ0v) is 20.0. The van der Waals surface area contributed by atoms with Crippen LogP contribution >= 0.6 is 0 Å². The van der Waals surface area contributed by atoms with Crippen LogP contribution in [-0.2, 0) is 17.9 Å². The number of hydrogen-bond donors (Lipinski definition) is 2. The zero-order valence-electron chi connectivity index (χ0n) is 20.0. The fraction of sp³-hybridized carbons (Fsp3) is 0.333. The topological polar surface area (TPSA) is 106 Å². The maximum atomic E-state index is 13.2. The first-order valence-electron chi connectivity index (χ1n) is 12.2. The molecule has 6 rings (SSSR count). The van der Waals surface area contributed by atoms with E-state index in [2.05, 4.69) is 21.9 Å². The van der Waals surface area contributed by atoms with E-state index in [9.17, 15) is 14.4 Å². The third-order valence-corrected chi connectivity index (χ3v) is 7.30. The van der Waals surface area contributed by atoms with Gasteiger partial charge in [-0.2, -0.15) is 5.10 Å². The second-order valence-corrected chi connectivity index (χ2v) is 9.81. The lowest BCUT2D eigenvalue weighted by Crippen LogP contribution is -2.56. The Morgan fingerprint density at radius 2 is 2.06 bits per heavy atom. The summed E-state index contributed by atoms with van der Waals surface area (Å²) in [6, 6.07) is 4.80. The summed E-state index contributed by atoms with van der Waals surface area (Å²) in [7, 11) is 1.55. The molecule has 2 aromatic rings. The van der Waals surface area contributed by atoms with Crippen LogP contribution in [0.25, 0.3) is 5.57 Å². The fourth-order valence-electron chi connectivity index (χ4n) is 5.10. The summed E-state index contributed by atoms with van der Waals surface area (Å²) >= 11 is 0.